The maximum absolute atomic E-state index is 11.9. The molecule has 1 heterocycles. The Labute approximate surface area is 91.4 Å². The van der Waals surface area contributed by atoms with E-state index in [1.807, 2.05) is 0 Å². The van der Waals surface area contributed by atoms with Crippen LogP contribution in [0, 0.1) is 0 Å². The highest BCUT2D eigenvalue weighted by atomic mass is 19.4. The molecule has 0 aromatic carbocycles. The lowest BCUT2D eigenvalue weighted by Crippen LogP contribution is -2.49. The van der Waals surface area contributed by atoms with Gasteiger partial charge in [0.25, 0.3) is 0 Å². The Morgan fingerprint density at radius 1 is 1.56 bits per heavy atom. The number of aliphatic hydroxyl groups excluding tert-OH is 1. The third kappa shape index (κ3) is 3.31. The lowest BCUT2D eigenvalue weighted by Gasteiger charge is -2.27. The molecule has 3 unspecified atom stereocenters. The Morgan fingerprint density at radius 3 is 2.62 bits per heavy atom. The first kappa shape index (κ1) is 13.7. The van der Waals surface area contributed by atoms with Crippen molar-refractivity contribution >= 4 is 0 Å². The maximum atomic E-state index is 11.9. The SMILES string of the molecule is CC1OCCC1(O)CNCC(O)C(F)(F)F. The number of hydrogen-bond donors (Lipinski definition) is 3. The van der Waals surface area contributed by atoms with Crippen molar-refractivity contribution in [1.29, 1.82) is 0 Å². The summed E-state index contributed by atoms with van der Waals surface area (Å²) < 4.78 is 41.0. The van der Waals surface area contributed by atoms with Gasteiger partial charge in [0.1, 0.15) is 5.60 Å². The van der Waals surface area contributed by atoms with Gasteiger partial charge in [0.2, 0.25) is 0 Å². The van der Waals surface area contributed by atoms with Crippen LogP contribution in [-0.2, 0) is 4.74 Å². The zero-order chi connectivity index (χ0) is 12.4. The van der Waals surface area contributed by atoms with Crippen LogP contribution < -0.4 is 5.32 Å². The Bertz CT molecular complexity index is 237. The predicted molar refractivity (Wildman–Crippen MR) is 49.9 cm³/mol. The number of rotatable bonds is 4. The third-order valence-electron chi connectivity index (χ3n) is 2.81. The maximum Gasteiger partial charge on any atom is 0.415 e. The van der Waals surface area contributed by atoms with Crippen LogP contribution in [-0.4, -0.2) is 53.9 Å². The molecule has 1 fully saturated rings. The predicted octanol–water partition coefficient (Wildman–Crippen LogP) is 0.0391. The van der Waals surface area contributed by atoms with Gasteiger partial charge in [0, 0.05) is 26.1 Å². The molecule has 96 valence electrons. The van der Waals surface area contributed by atoms with Gasteiger partial charge in [-0.1, -0.05) is 0 Å². The number of hydrogen-bond acceptors (Lipinski definition) is 4. The molecule has 7 heteroatoms. The van der Waals surface area contributed by atoms with E-state index < -0.39 is 30.5 Å². The first-order chi connectivity index (χ1) is 7.26. The molecule has 0 radical (unpaired) electrons. The van der Waals surface area contributed by atoms with E-state index in [1.165, 1.54) is 0 Å². The molecule has 0 aliphatic carbocycles. The number of aliphatic hydroxyl groups is 2. The molecule has 0 amide bonds. The molecule has 1 aliphatic rings. The average molecular weight is 243 g/mol. The summed E-state index contributed by atoms with van der Waals surface area (Å²) in [6.07, 6.45) is -7.08. The van der Waals surface area contributed by atoms with Crippen molar-refractivity contribution in [3.63, 3.8) is 0 Å². The second-order valence-electron chi connectivity index (χ2n) is 4.05. The van der Waals surface area contributed by atoms with Gasteiger partial charge in [-0.15, -0.1) is 0 Å². The van der Waals surface area contributed by atoms with Gasteiger partial charge in [-0.3, -0.25) is 0 Å². The monoisotopic (exact) mass is 243 g/mol. The van der Waals surface area contributed by atoms with E-state index in [4.69, 9.17) is 9.84 Å². The summed E-state index contributed by atoms with van der Waals surface area (Å²) in [5, 5.41) is 21.0. The highest BCUT2D eigenvalue weighted by molar-refractivity contribution is 4.91. The van der Waals surface area contributed by atoms with Crippen LogP contribution >= 0.6 is 0 Å². The summed E-state index contributed by atoms with van der Waals surface area (Å²) in [6.45, 7) is 1.40. The number of ether oxygens (including phenoxy) is 1. The molecule has 0 bridgehead atoms. The molecule has 0 saturated carbocycles. The van der Waals surface area contributed by atoms with Gasteiger partial charge in [-0.25, -0.2) is 0 Å². The molecule has 0 spiro atoms. The fourth-order valence-electron chi connectivity index (χ4n) is 1.54. The summed E-state index contributed by atoms with van der Waals surface area (Å²) in [5.41, 5.74) is -1.15. The second-order valence-corrected chi connectivity index (χ2v) is 4.05. The van der Waals surface area contributed by atoms with Gasteiger partial charge in [-0.2, -0.15) is 13.2 Å². The van der Waals surface area contributed by atoms with Gasteiger partial charge < -0.3 is 20.3 Å². The van der Waals surface area contributed by atoms with E-state index in [-0.39, 0.29) is 6.54 Å². The topological polar surface area (TPSA) is 61.7 Å². The highest BCUT2D eigenvalue weighted by Crippen LogP contribution is 2.25. The number of nitrogens with one attached hydrogen (secondary N) is 1. The van der Waals surface area contributed by atoms with E-state index >= 15 is 0 Å². The molecule has 1 saturated heterocycles. The van der Waals surface area contributed by atoms with E-state index in [9.17, 15) is 18.3 Å². The molecule has 1 aliphatic heterocycles. The quantitative estimate of drug-likeness (QED) is 0.652. The van der Waals surface area contributed by atoms with E-state index in [2.05, 4.69) is 5.32 Å². The third-order valence-corrected chi connectivity index (χ3v) is 2.81. The van der Waals surface area contributed by atoms with Gasteiger partial charge in [-0.05, 0) is 6.92 Å². The Morgan fingerprint density at radius 2 is 2.19 bits per heavy atom. The van der Waals surface area contributed by atoms with Crippen LogP contribution in [0.25, 0.3) is 0 Å². The van der Waals surface area contributed by atoms with Crippen molar-refractivity contribution in [2.75, 3.05) is 19.7 Å². The standard InChI is InChI=1S/C9H16F3NO3/c1-6-8(15,2-3-16-6)5-13-4-7(14)9(10,11)12/h6-7,13-15H,2-5H2,1H3. The molecule has 0 aromatic rings. The molecule has 16 heavy (non-hydrogen) atoms. The van der Waals surface area contributed by atoms with E-state index in [1.54, 1.807) is 6.92 Å². The van der Waals surface area contributed by atoms with Crippen molar-refractivity contribution in [1.82, 2.24) is 5.32 Å². The molecule has 0 aromatic heterocycles. The van der Waals surface area contributed by atoms with E-state index in [0.29, 0.717) is 13.0 Å². The van der Waals surface area contributed by atoms with E-state index in [0.717, 1.165) is 0 Å². The highest BCUT2D eigenvalue weighted by Gasteiger charge is 2.41. The van der Waals surface area contributed by atoms with Crippen molar-refractivity contribution in [3.05, 3.63) is 0 Å². The van der Waals surface area contributed by atoms with Crippen LogP contribution in [0.2, 0.25) is 0 Å². The lowest BCUT2D eigenvalue weighted by atomic mass is 9.97. The Kier molecular flexibility index (Phi) is 4.17. The minimum absolute atomic E-state index is 0.0265. The molecule has 4 nitrogen and oxygen atoms in total. The smallest absolute Gasteiger partial charge is 0.386 e. The Balaban J connectivity index is 2.30. The van der Waals surface area contributed by atoms with Gasteiger partial charge in [0.05, 0.1) is 6.10 Å². The summed E-state index contributed by atoms with van der Waals surface area (Å²) in [4.78, 5) is 0. The van der Waals surface area contributed by atoms with Crippen LogP contribution in [0.4, 0.5) is 13.2 Å². The van der Waals surface area contributed by atoms with Crippen LogP contribution in [0.3, 0.4) is 0 Å². The molecular weight excluding hydrogens is 227 g/mol. The second kappa shape index (κ2) is 4.87. The van der Waals surface area contributed by atoms with Gasteiger partial charge >= 0.3 is 6.18 Å². The molecule has 3 N–H and O–H groups in total. The Hall–Kier alpha value is -0.370. The molecule has 3 atom stereocenters. The molecular formula is C9H16F3NO3. The fourth-order valence-corrected chi connectivity index (χ4v) is 1.54. The number of halogens is 3. The summed E-state index contributed by atoms with van der Waals surface area (Å²) >= 11 is 0. The van der Waals surface area contributed by atoms with Crippen LogP contribution in [0.5, 0.6) is 0 Å². The van der Waals surface area contributed by atoms with Crippen molar-refractivity contribution < 1.29 is 28.1 Å². The normalized spacial score (nSPS) is 33.0. The van der Waals surface area contributed by atoms with Crippen molar-refractivity contribution in [2.24, 2.45) is 0 Å². The lowest BCUT2D eigenvalue weighted by molar-refractivity contribution is -0.202. The zero-order valence-corrected chi connectivity index (χ0v) is 8.92. The first-order valence-electron chi connectivity index (χ1n) is 5.05. The summed E-state index contributed by atoms with van der Waals surface area (Å²) in [7, 11) is 0. The summed E-state index contributed by atoms with van der Waals surface area (Å²) in [5.74, 6) is 0. The fraction of sp³-hybridized carbons (Fsp3) is 1.00. The van der Waals surface area contributed by atoms with Gasteiger partial charge in [0.15, 0.2) is 6.10 Å². The molecule has 1 rings (SSSR count). The van der Waals surface area contributed by atoms with Crippen LogP contribution in [0.15, 0.2) is 0 Å². The van der Waals surface area contributed by atoms with Crippen molar-refractivity contribution in [3.8, 4) is 0 Å². The average Bonchev–Trinajstić information content (AvgIpc) is 2.46. The van der Waals surface area contributed by atoms with Crippen LogP contribution in [0.1, 0.15) is 13.3 Å². The minimum Gasteiger partial charge on any atom is -0.386 e. The zero-order valence-electron chi connectivity index (χ0n) is 8.92. The largest absolute Gasteiger partial charge is 0.415 e. The summed E-state index contributed by atoms with van der Waals surface area (Å²) in [6, 6.07) is 0. The first-order valence-corrected chi connectivity index (χ1v) is 5.05. The number of alkyl halides is 3. The minimum atomic E-state index is -4.63. The van der Waals surface area contributed by atoms with Crippen molar-refractivity contribution in [2.45, 2.75) is 37.3 Å².